The summed E-state index contributed by atoms with van der Waals surface area (Å²) in [6, 6.07) is 10.6. The number of carbonyl (C=O) groups excluding carboxylic acids is 1. The van der Waals surface area contributed by atoms with Crippen molar-refractivity contribution < 1.29 is 27.4 Å². The first-order valence-electron chi connectivity index (χ1n) is 9.51. The number of benzene rings is 2. The Balaban J connectivity index is 1.77. The molecule has 11 heteroatoms. The van der Waals surface area contributed by atoms with Crippen LogP contribution < -0.4 is 19.8 Å². The number of sulfonamides is 1. The Hall–Kier alpha value is -3.99. The Morgan fingerprint density at radius 3 is 2.56 bits per heavy atom. The van der Waals surface area contributed by atoms with E-state index in [-0.39, 0.29) is 28.5 Å². The van der Waals surface area contributed by atoms with Crippen molar-refractivity contribution in [1.29, 1.82) is 0 Å². The van der Waals surface area contributed by atoms with E-state index >= 15 is 0 Å². The number of aromatic amines is 2. The van der Waals surface area contributed by atoms with Crippen molar-refractivity contribution in [2.75, 3.05) is 18.4 Å². The summed E-state index contributed by atoms with van der Waals surface area (Å²) in [5, 5.41) is 0.789. The van der Waals surface area contributed by atoms with Gasteiger partial charge in [-0.2, -0.15) is 0 Å². The fourth-order valence-corrected chi connectivity index (χ4v) is 4.30. The standard InChI is InChI=1S/C21H19N3O7S/c1-3-30-21(26)31-17-11-22-19-18(17)15-10-12(4-9-16(15)23-20(19)25)24-32(27,28)14-7-5-13(29-2)6-8-14/h4-11,22,24H,3H2,1-2H3,(H,23,25). The first-order chi connectivity index (χ1) is 15.3. The summed E-state index contributed by atoms with van der Waals surface area (Å²) >= 11 is 0. The van der Waals surface area contributed by atoms with Gasteiger partial charge in [-0.1, -0.05) is 0 Å². The van der Waals surface area contributed by atoms with Gasteiger partial charge in [-0.05, 0) is 49.4 Å². The van der Waals surface area contributed by atoms with Crippen LogP contribution in [0.1, 0.15) is 6.92 Å². The molecule has 0 radical (unpaired) electrons. The van der Waals surface area contributed by atoms with Gasteiger partial charge in [0.05, 0.1) is 24.0 Å². The van der Waals surface area contributed by atoms with Crippen LogP contribution in [0.4, 0.5) is 10.5 Å². The molecule has 0 saturated heterocycles. The summed E-state index contributed by atoms with van der Waals surface area (Å²) < 4.78 is 43.1. The largest absolute Gasteiger partial charge is 0.513 e. The van der Waals surface area contributed by atoms with Crippen molar-refractivity contribution in [1.82, 2.24) is 9.97 Å². The second-order valence-electron chi connectivity index (χ2n) is 6.68. The minimum atomic E-state index is -3.88. The van der Waals surface area contributed by atoms with Gasteiger partial charge in [-0.15, -0.1) is 0 Å². The number of anilines is 1. The van der Waals surface area contributed by atoms with E-state index in [1.54, 1.807) is 31.2 Å². The van der Waals surface area contributed by atoms with Crippen LogP contribution >= 0.6 is 0 Å². The van der Waals surface area contributed by atoms with Crippen LogP contribution in [0.2, 0.25) is 0 Å². The Labute approximate surface area is 182 Å². The molecule has 0 aliphatic carbocycles. The topological polar surface area (TPSA) is 140 Å². The van der Waals surface area contributed by atoms with Crippen LogP contribution in [0.3, 0.4) is 0 Å². The molecule has 32 heavy (non-hydrogen) atoms. The van der Waals surface area contributed by atoms with E-state index in [2.05, 4.69) is 14.7 Å². The molecular weight excluding hydrogens is 438 g/mol. The molecule has 4 aromatic rings. The van der Waals surface area contributed by atoms with Crippen molar-refractivity contribution >= 4 is 43.7 Å². The summed E-state index contributed by atoms with van der Waals surface area (Å²) in [7, 11) is -2.39. The van der Waals surface area contributed by atoms with Crippen LogP contribution in [0.25, 0.3) is 21.8 Å². The van der Waals surface area contributed by atoms with E-state index in [0.29, 0.717) is 22.0 Å². The number of hydrogen-bond acceptors (Lipinski definition) is 7. The van der Waals surface area contributed by atoms with Crippen LogP contribution in [-0.4, -0.2) is 38.3 Å². The van der Waals surface area contributed by atoms with E-state index < -0.39 is 21.7 Å². The van der Waals surface area contributed by atoms with Gasteiger partial charge in [-0.3, -0.25) is 9.52 Å². The third-order valence-electron chi connectivity index (χ3n) is 4.69. The maximum absolute atomic E-state index is 12.8. The summed E-state index contributed by atoms with van der Waals surface area (Å²) in [6.45, 7) is 1.76. The fraction of sp³-hybridized carbons (Fsp3) is 0.143. The van der Waals surface area contributed by atoms with E-state index in [1.165, 1.54) is 31.5 Å². The lowest BCUT2D eigenvalue weighted by atomic mass is 10.1. The molecule has 2 aromatic heterocycles. The molecule has 0 bridgehead atoms. The average Bonchev–Trinajstić information content (AvgIpc) is 3.19. The van der Waals surface area contributed by atoms with E-state index in [9.17, 15) is 18.0 Å². The molecule has 0 aliphatic rings. The van der Waals surface area contributed by atoms with Gasteiger partial charge in [0.25, 0.3) is 15.6 Å². The molecular formula is C21H19N3O7S. The van der Waals surface area contributed by atoms with Crippen molar-refractivity contribution in [2.45, 2.75) is 11.8 Å². The fourth-order valence-electron chi connectivity index (χ4n) is 3.25. The maximum Gasteiger partial charge on any atom is 0.513 e. The Morgan fingerprint density at radius 1 is 1.12 bits per heavy atom. The van der Waals surface area contributed by atoms with Gasteiger partial charge in [0.1, 0.15) is 11.3 Å². The van der Waals surface area contributed by atoms with Gasteiger partial charge in [0.2, 0.25) is 0 Å². The van der Waals surface area contributed by atoms with Gasteiger partial charge in [-0.25, -0.2) is 13.2 Å². The third-order valence-corrected chi connectivity index (χ3v) is 6.08. The highest BCUT2D eigenvalue weighted by Crippen LogP contribution is 2.32. The molecule has 10 nitrogen and oxygen atoms in total. The number of methoxy groups -OCH3 is 1. The third kappa shape index (κ3) is 3.97. The number of nitrogens with one attached hydrogen (secondary N) is 3. The zero-order valence-corrected chi connectivity index (χ0v) is 17.9. The second kappa shape index (κ2) is 8.27. The number of ether oxygens (including phenoxy) is 3. The molecule has 4 rings (SSSR count). The van der Waals surface area contributed by atoms with Crippen molar-refractivity contribution in [3.05, 3.63) is 59.0 Å². The molecule has 0 saturated carbocycles. The molecule has 2 heterocycles. The zero-order chi connectivity index (χ0) is 22.9. The molecule has 0 aliphatic heterocycles. The first-order valence-corrected chi connectivity index (χ1v) is 11.0. The Morgan fingerprint density at radius 2 is 1.88 bits per heavy atom. The maximum atomic E-state index is 12.8. The van der Waals surface area contributed by atoms with E-state index in [4.69, 9.17) is 14.2 Å². The molecule has 3 N–H and O–H groups in total. The quantitative estimate of drug-likeness (QED) is 0.377. The number of fused-ring (bicyclic) bond motifs is 3. The molecule has 166 valence electrons. The Bertz CT molecular complexity index is 1470. The van der Waals surface area contributed by atoms with E-state index in [1.807, 2.05) is 0 Å². The smallest absolute Gasteiger partial charge is 0.497 e. The monoisotopic (exact) mass is 457 g/mol. The number of H-pyrrole nitrogens is 2. The van der Waals surface area contributed by atoms with Crippen molar-refractivity contribution in [3.8, 4) is 11.5 Å². The molecule has 0 fully saturated rings. The first kappa shape index (κ1) is 21.2. The lowest BCUT2D eigenvalue weighted by Crippen LogP contribution is -2.13. The molecule has 2 aromatic carbocycles. The SMILES string of the molecule is CCOC(=O)Oc1c[nH]c2c(=O)[nH]c3ccc(NS(=O)(=O)c4ccc(OC)cc4)cc3c12. The molecule has 0 atom stereocenters. The van der Waals surface area contributed by atoms with Gasteiger partial charge >= 0.3 is 6.16 Å². The van der Waals surface area contributed by atoms with Crippen molar-refractivity contribution in [3.63, 3.8) is 0 Å². The normalized spacial score (nSPS) is 11.4. The summed E-state index contributed by atoms with van der Waals surface area (Å²) in [5.41, 5.74) is 0.442. The molecule has 0 spiro atoms. The lowest BCUT2D eigenvalue weighted by molar-refractivity contribution is 0.105. The predicted octanol–water partition coefficient (Wildman–Crippen LogP) is 3.35. The van der Waals surface area contributed by atoms with Gasteiger partial charge in [0.15, 0.2) is 5.75 Å². The minimum absolute atomic E-state index is 0.0537. The summed E-state index contributed by atoms with van der Waals surface area (Å²) in [5.74, 6) is 0.618. The lowest BCUT2D eigenvalue weighted by Gasteiger charge is -2.10. The van der Waals surface area contributed by atoms with Crippen LogP contribution in [0.15, 0.2) is 58.4 Å². The number of rotatable bonds is 6. The Kier molecular flexibility index (Phi) is 5.49. The molecule has 0 unspecified atom stereocenters. The summed E-state index contributed by atoms with van der Waals surface area (Å²) in [6.07, 6.45) is 0.447. The average molecular weight is 457 g/mol. The van der Waals surface area contributed by atoms with Crippen LogP contribution in [-0.2, 0) is 14.8 Å². The number of aromatic nitrogens is 2. The summed E-state index contributed by atoms with van der Waals surface area (Å²) in [4.78, 5) is 29.7. The predicted molar refractivity (Wildman–Crippen MR) is 118 cm³/mol. The zero-order valence-electron chi connectivity index (χ0n) is 17.1. The number of pyridine rings is 1. The molecule has 0 amide bonds. The highest BCUT2D eigenvalue weighted by molar-refractivity contribution is 7.92. The number of hydrogen-bond donors (Lipinski definition) is 3. The minimum Gasteiger partial charge on any atom is -0.497 e. The van der Waals surface area contributed by atoms with E-state index in [0.717, 1.165) is 0 Å². The highest BCUT2D eigenvalue weighted by Gasteiger charge is 2.18. The van der Waals surface area contributed by atoms with Gasteiger partial charge in [0, 0.05) is 22.8 Å². The van der Waals surface area contributed by atoms with Crippen LogP contribution in [0, 0.1) is 0 Å². The second-order valence-corrected chi connectivity index (χ2v) is 8.37. The van der Waals surface area contributed by atoms with Crippen LogP contribution in [0.5, 0.6) is 11.5 Å². The highest BCUT2D eigenvalue weighted by atomic mass is 32.2. The van der Waals surface area contributed by atoms with Crippen molar-refractivity contribution in [2.24, 2.45) is 0 Å². The van der Waals surface area contributed by atoms with Gasteiger partial charge < -0.3 is 24.2 Å². The number of carbonyl (C=O) groups is 1.